The standard InChI is InChI=1S/C16H10FNO3S3/c17-11-4-2-1-3-10(11)12-6-5-9(23-12)7-13-15(21)18(8-14(19)20)16(22)24-13/h1-7H,8H2,(H,19,20)/b13-7+. The number of carbonyl (C=O) groups excluding carboxylic acids is 1. The van der Waals surface area contributed by atoms with Gasteiger partial charge in [-0.2, -0.15) is 0 Å². The van der Waals surface area contributed by atoms with E-state index in [1.54, 1.807) is 36.4 Å². The van der Waals surface area contributed by atoms with Crippen LogP contribution in [0.25, 0.3) is 16.5 Å². The summed E-state index contributed by atoms with van der Waals surface area (Å²) in [5.74, 6) is -1.85. The van der Waals surface area contributed by atoms with E-state index in [2.05, 4.69) is 0 Å². The van der Waals surface area contributed by atoms with Crippen LogP contribution in [-0.4, -0.2) is 32.7 Å². The second-order valence-corrected chi connectivity index (χ2v) is 7.63. The molecule has 0 aliphatic carbocycles. The van der Waals surface area contributed by atoms with E-state index >= 15 is 0 Å². The van der Waals surface area contributed by atoms with Gasteiger partial charge in [0.25, 0.3) is 5.91 Å². The van der Waals surface area contributed by atoms with E-state index in [4.69, 9.17) is 17.3 Å². The predicted molar refractivity (Wildman–Crippen MR) is 97.2 cm³/mol. The van der Waals surface area contributed by atoms with E-state index in [9.17, 15) is 14.0 Å². The number of thioether (sulfide) groups is 1. The number of rotatable bonds is 4. The van der Waals surface area contributed by atoms with E-state index in [1.165, 1.54) is 17.4 Å². The first-order chi connectivity index (χ1) is 11.5. The Kier molecular flexibility index (Phi) is 4.79. The number of thiophene rings is 1. The second kappa shape index (κ2) is 6.84. The molecular weight excluding hydrogens is 369 g/mol. The highest BCUT2D eigenvalue weighted by molar-refractivity contribution is 8.26. The molecule has 0 atom stereocenters. The summed E-state index contributed by atoms with van der Waals surface area (Å²) in [6.45, 7) is -0.451. The predicted octanol–water partition coefficient (Wildman–Crippen LogP) is 3.84. The van der Waals surface area contributed by atoms with Gasteiger partial charge in [-0.05, 0) is 24.3 Å². The summed E-state index contributed by atoms with van der Waals surface area (Å²) in [5.41, 5.74) is 0.501. The summed E-state index contributed by atoms with van der Waals surface area (Å²) in [4.78, 5) is 25.9. The Hall–Kier alpha value is -2.03. The summed E-state index contributed by atoms with van der Waals surface area (Å²) in [6, 6.07) is 10.0. The average molecular weight is 379 g/mol. The van der Waals surface area contributed by atoms with Crippen LogP contribution in [0.4, 0.5) is 4.39 Å². The molecule has 2 aromatic rings. The minimum atomic E-state index is -1.12. The largest absolute Gasteiger partial charge is 0.480 e. The number of hydrogen-bond acceptors (Lipinski definition) is 5. The SMILES string of the molecule is O=C(O)CN1C(=O)/C(=C\c2ccc(-c3ccccc3F)s2)SC1=S. The number of thiocarbonyl (C=S) groups is 1. The van der Waals surface area contributed by atoms with Crippen LogP contribution in [-0.2, 0) is 9.59 Å². The van der Waals surface area contributed by atoms with E-state index in [1.807, 2.05) is 0 Å². The highest BCUT2D eigenvalue weighted by Gasteiger charge is 2.33. The Morgan fingerprint density at radius 2 is 2.04 bits per heavy atom. The third-order valence-electron chi connectivity index (χ3n) is 3.21. The van der Waals surface area contributed by atoms with E-state index in [0.717, 1.165) is 26.4 Å². The van der Waals surface area contributed by atoms with Gasteiger partial charge in [-0.1, -0.05) is 42.2 Å². The Bertz CT molecular complexity index is 875. The number of carbonyl (C=O) groups is 2. The summed E-state index contributed by atoms with van der Waals surface area (Å²) >= 11 is 7.46. The van der Waals surface area contributed by atoms with Crippen molar-refractivity contribution in [3.63, 3.8) is 0 Å². The molecule has 1 aliphatic rings. The minimum Gasteiger partial charge on any atom is -0.480 e. The number of amides is 1. The van der Waals surface area contributed by atoms with Crippen molar-refractivity contribution in [2.75, 3.05) is 6.54 Å². The van der Waals surface area contributed by atoms with Crippen LogP contribution in [0.3, 0.4) is 0 Å². The highest BCUT2D eigenvalue weighted by Crippen LogP contribution is 2.36. The fourth-order valence-corrected chi connectivity index (χ4v) is 4.44. The molecule has 0 unspecified atom stereocenters. The molecular formula is C16H10FNO3S3. The zero-order valence-corrected chi connectivity index (χ0v) is 14.5. The smallest absolute Gasteiger partial charge is 0.323 e. The van der Waals surface area contributed by atoms with Crippen molar-refractivity contribution in [2.45, 2.75) is 0 Å². The van der Waals surface area contributed by atoms with Gasteiger partial charge in [0.2, 0.25) is 0 Å². The number of carboxylic acid groups (broad SMARTS) is 1. The third-order valence-corrected chi connectivity index (χ3v) is 5.65. The summed E-state index contributed by atoms with van der Waals surface area (Å²) in [6.07, 6.45) is 1.65. The van der Waals surface area contributed by atoms with Gasteiger partial charge in [-0.25, -0.2) is 4.39 Å². The lowest BCUT2D eigenvalue weighted by molar-refractivity contribution is -0.140. The topological polar surface area (TPSA) is 57.6 Å². The molecule has 4 nitrogen and oxygen atoms in total. The quantitative estimate of drug-likeness (QED) is 0.646. The normalized spacial score (nSPS) is 16.2. The second-order valence-electron chi connectivity index (χ2n) is 4.84. The number of carboxylic acids is 1. The number of aliphatic carboxylic acids is 1. The average Bonchev–Trinajstić information content (AvgIpc) is 3.08. The van der Waals surface area contributed by atoms with Crippen molar-refractivity contribution in [3.05, 3.63) is 52.0 Å². The molecule has 3 rings (SSSR count). The zero-order chi connectivity index (χ0) is 17.3. The molecule has 0 spiro atoms. The Balaban J connectivity index is 1.85. The molecule has 0 bridgehead atoms. The number of hydrogen-bond donors (Lipinski definition) is 1. The summed E-state index contributed by atoms with van der Waals surface area (Å²) in [7, 11) is 0. The van der Waals surface area contributed by atoms with Crippen molar-refractivity contribution in [2.24, 2.45) is 0 Å². The van der Waals surface area contributed by atoms with Gasteiger partial charge in [0.15, 0.2) is 0 Å². The van der Waals surface area contributed by atoms with Crippen LogP contribution >= 0.6 is 35.3 Å². The van der Waals surface area contributed by atoms with Crippen molar-refractivity contribution >= 4 is 57.6 Å². The molecule has 1 aromatic carbocycles. The fraction of sp³-hybridized carbons (Fsp3) is 0.0625. The molecule has 24 heavy (non-hydrogen) atoms. The van der Waals surface area contributed by atoms with Gasteiger partial charge in [-0.15, -0.1) is 11.3 Å². The summed E-state index contributed by atoms with van der Waals surface area (Å²) in [5, 5.41) is 8.83. The van der Waals surface area contributed by atoms with Crippen LogP contribution < -0.4 is 0 Å². The lowest BCUT2D eigenvalue weighted by Crippen LogP contribution is -2.33. The third kappa shape index (κ3) is 3.40. The lowest BCUT2D eigenvalue weighted by atomic mass is 10.2. The number of nitrogens with zero attached hydrogens (tertiary/aromatic N) is 1. The molecule has 0 saturated carbocycles. The lowest BCUT2D eigenvalue weighted by Gasteiger charge is -2.09. The molecule has 1 saturated heterocycles. The monoisotopic (exact) mass is 379 g/mol. The minimum absolute atomic E-state index is 0.222. The van der Waals surface area contributed by atoms with Crippen molar-refractivity contribution < 1.29 is 19.1 Å². The number of benzene rings is 1. The van der Waals surface area contributed by atoms with Gasteiger partial charge in [-0.3, -0.25) is 14.5 Å². The van der Waals surface area contributed by atoms with Crippen molar-refractivity contribution in [1.29, 1.82) is 0 Å². The van der Waals surface area contributed by atoms with Gasteiger partial charge in [0.05, 0.1) is 4.91 Å². The van der Waals surface area contributed by atoms with Crippen LogP contribution in [0, 0.1) is 5.82 Å². The summed E-state index contributed by atoms with van der Waals surface area (Å²) < 4.78 is 14.1. The van der Waals surface area contributed by atoms with Crippen LogP contribution in [0.15, 0.2) is 41.3 Å². The molecule has 1 fully saturated rings. The number of halogens is 1. The molecule has 1 aromatic heterocycles. The zero-order valence-electron chi connectivity index (χ0n) is 12.1. The van der Waals surface area contributed by atoms with Crippen LogP contribution in [0.5, 0.6) is 0 Å². The maximum Gasteiger partial charge on any atom is 0.323 e. The molecule has 8 heteroatoms. The van der Waals surface area contributed by atoms with Crippen molar-refractivity contribution in [1.82, 2.24) is 4.90 Å². The Morgan fingerprint density at radius 1 is 1.29 bits per heavy atom. The molecule has 1 amide bonds. The van der Waals surface area contributed by atoms with Crippen molar-refractivity contribution in [3.8, 4) is 10.4 Å². The van der Waals surface area contributed by atoms with Crippen LogP contribution in [0.1, 0.15) is 4.88 Å². The fourth-order valence-electron chi connectivity index (χ4n) is 2.14. The maximum atomic E-state index is 13.8. The maximum absolute atomic E-state index is 13.8. The van der Waals surface area contributed by atoms with E-state index in [0.29, 0.717) is 10.5 Å². The molecule has 1 aliphatic heterocycles. The van der Waals surface area contributed by atoms with Gasteiger partial charge < -0.3 is 5.11 Å². The molecule has 2 heterocycles. The van der Waals surface area contributed by atoms with Crippen LogP contribution in [0.2, 0.25) is 0 Å². The highest BCUT2D eigenvalue weighted by atomic mass is 32.2. The van der Waals surface area contributed by atoms with Gasteiger partial charge in [0.1, 0.15) is 16.7 Å². The molecule has 1 N–H and O–H groups in total. The first-order valence-corrected chi connectivity index (χ1v) is 8.82. The van der Waals surface area contributed by atoms with Gasteiger partial charge in [0, 0.05) is 15.3 Å². The van der Waals surface area contributed by atoms with E-state index in [-0.39, 0.29) is 10.1 Å². The Labute approximate surface area is 150 Å². The molecule has 122 valence electrons. The first-order valence-electron chi connectivity index (χ1n) is 6.77. The van der Waals surface area contributed by atoms with Gasteiger partial charge >= 0.3 is 5.97 Å². The molecule has 0 radical (unpaired) electrons. The first kappa shape index (κ1) is 16.8. The Morgan fingerprint density at radius 3 is 2.75 bits per heavy atom. The van der Waals surface area contributed by atoms with E-state index < -0.39 is 18.4 Å².